The first-order valence-corrected chi connectivity index (χ1v) is 6.23. The Bertz CT molecular complexity index is 347. The van der Waals surface area contributed by atoms with Gasteiger partial charge in [-0.1, -0.05) is 47.4 Å². The fraction of sp³-hybridized carbons (Fsp3) is 0.500. The highest BCUT2D eigenvalue weighted by Gasteiger charge is 2.24. The Balaban J connectivity index is 2.90. The van der Waals surface area contributed by atoms with Crippen LogP contribution in [-0.4, -0.2) is 5.54 Å². The summed E-state index contributed by atoms with van der Waals surface area (Å²) in [4.78, 5) is 0. The average molecular weight is 291 g/mol. The SMILES string of the molecule is CC(C)C(C)(N)Cc1ccc(Br)cc1Cl. The van der Waals surface area contributed by atoms with Crippen molar-refractivity contribution >= 4 is 27.5 Å². The molecule has 0 radical (unpaired) electrons. The highest BCUT2D eigenvalue weighted by molar-refractivity contribution is 9.10. The van der Waals surface area contributed by atoms with Crippen LogP contribution in [-0.2, 0) is 6.42 Å². The molecule has 84 valence electrons. The van der Waals surface area contributed by atoms with Crippen LogP contribution >= 0.6 is 27.5 Å². The van der Waals surface area contributed by atoms with Gasteiger partial charge in [-0.05, 0) is 37.0 Å². The third-order valence-corrected chi connectivity index (χ3v) is 3.75. The molecule has 1 aromatic carbocycles. The number of hydrogen-bond donors (Lipinski definition) is 1. The number of hydrogen-bond acceptors (Lipinski definition) is 1. The summed E-state index contributed by atoms with van der Waals surface area (Å²) in [5.41, 5.74) is 7.13. The van der Waals surface area contributed by atoms with Crippen LogP contribution in [0.15, 0.2) is 22.7 Å². The Hall–Kier alpha value is -0.0500. The maximum atomic E-state index is 6.23. The molecular formula is C12H17BrClN. The van der Waals surface area contributed by atoms with E-state index in [1.165, 1.54) is 0 Å². The Labute approximate surface area is 105 Å². The molecule has 1 unspecified atom stereocenters. The lowest BCUT2D eigenvalue weighted by molar-refractivity contribution is 0.338. The molecule has 0 saturated carbocycles. The first-order valence-electron chi connectivity index (χ1n) is 5.06. The van der Waals surface area contributed by atoms with E-state index in [-0.39, 0.29) is 5.54 Å². The van der Waals surface area contributed by atoms with E-state index in [1.54, 1.807) is 0 Å². The summed E-state index contributed by atoms with van der Waals surface area (Å²) >= 11 is 9.54. The molecule has 1 atom stereocenters. The van der Waals surface area contributed by atoms with Gasteiger partial charge < -0.3 is 5.73 Å². The largest absolute Gasteiger partial charge is 0.325 e. The molecule has 1 aromatic rings. The van der Waals surface area contributed by atoms with E-state index in [0.29, 0.717) is 5.92 Å². The molecule has 1 rings (SSSR count). The summed E-state index contributed by atoms with van der Waals surface area (Å²) in [5, 5.41) is 0.779. The lowest BCUT2D eigenvalue weighted by Gasteiger charge is -2.29. The van der Waals surface area contributed by atoms with Crippen molar-refractivity contribution in [3.8, 4) is 0 Å². The van der Waals surface area contributed by atoms with Crippen LogP contribution in [0, 0.1) is 5.92 Å². The second-order valence-corrected chi connectivity index (χ2v) is 5.90. The van der Waals surface area contributed by atoms with E-state index in [4.69, 9.17) is 17.3 Å². The molecule has 0 heterocycles. The molecule has 0 fully saturated rings. The maximum Gasteiger partial charge on any atom is 0.0449 e. The minimum absolute atomic E-state index is 0.211. The van der Waals surface area contributed by atoms with Gasteiger partial charge in [0.1, 0.15) is 0 Å². The lowest BCUT2D eigenvalue weighted by atomic mass is 9.84. The van der Waals surface area contributed by atoms with Gasteiger partial charge >= 0.3 is 0 Å². The quantitative estimate of drug-likeness (QED) is 0.894. The highest BCUT2D eigenvalue weighted by Crippen LogP contribution is 2.26. The van der Waals surface area contributed by atoms with Gasteiger partial charge in [0.15, 0.2) is 0 Å². The molecule has 15 heavy (non-hydrogen) atoms. The van der Waals surface area contributed by atoms with E-state index < -0.39 is 0 Å². The molecule has 0 aliphatic carbocycles. The minimum Gasteiger partial charge on any atom is -0.325 e. The molecular weight excluding hydrogens is 273 g/mol. The van der Waals surface area contributed by atoms with Gasteiger partial charge in [-0.15, -0.1) is 0 Å². The summed E-state index contributed by atoms with van der Waals surface area (Å²) in [5.74, 6) is 0.428. The lowest BCUT2D eigenvalue weighted by Crippen LogP contribution is -2.43. The van der Waals surface area contributed by atoms with Crippen LogP contribution in [0.5, 0.6) is 0 Å². The van der Waals surface area contributed by atoms with Crippen LogP contribution in [0.4, 0.5) is 0 Å². The highest BCUT2D eigenvalue weighted by atomic mass is 79.9. The molecule has 0 saturated heterocycles. The van der Waals surface area contributed by atoms with Gasteiger partial charge in [-0.3, -0.25) is 0 Å². The van der Waals surface area contributed by atoms with Gasteiger partial charge in [0.05, 0.1) is 0 Å². The summed E-state index contributed by atoms with van der Waals surface area (Å²) in [6.45, 7) is 6.33. The zero-order valence-electron chi connectivity index (χ0n) is 9.35. The Morgan fingerprint density at radius 1 is 1.47 bits per heavy atom. The molecule has 0 bridgehead atoms. The molecule has 1 nitrogen and oxygen atoms in total. The fourth-order valence-corrected chi connectivity index (χ4v) is 2.02. The molecule has 0 aromatic heterocycles. The van der Waals surface area contributed by atoms with Crippen LogP contribution < -0.4 is 5.73 Å². The van der Waals surface area contributed by atoms with Crippen molar-refractivity contribution in [1.82, 2.24) is 0 Å². The van der Waals surface area contributed by atoms with Crippen molar-refractivity contribution in [2.24, 2.45) is 11.7 Å². The molecule has 2 N–H and O–H groups in total. The van der Waals surface area contributed by atoms with Crippen molar-refractivity contribution in [1.29, 1.82) is 0 Å². The van der Waals surface area contributed by atoms with Crippen molar-refractivity contribution in [3.63, 3.8) is 0 Å². The van der Waals surface area contributed by atoms with E-state index in [9.17, 15) is 0 Å². The fourth-order valence-electron chi connectivity index (χ4n) is 1.28. The van der Waals surface area contributed by atoms with Crippen molar-refractivity contribution in [2.45, 2.75) is 32.7 Å². The predicted octanol–water partition coefficient (Wildman–Crippen LogP) is 4.02. The molecule has 0 aliphatic rings. The first kappa shape index (κ1) is 13.0. The average Bonchev–Trinajstić information content (AvgIpc) is 2.09. The first-order chi connectivity index (χ1) is 6.83. The van der Waals surface area contributed by atoms with Gasteiger partial charge in [0, 0.05) is 15.0 Å². The van der Waals surface area contributed by atoms with E-state index in [1.807, 2.05) is 18.2 Å². The predicted molar refractivity (Wildman–Crippen MR) is 70.3 cm³/mol. The Morgan fingerprint density at radius 3 is 2.53 bits per heavy atom. The zero-order chi connectivity index (χ0) is 11.6. The van der Waals surface area contributed by atoms with Crippen LogP contribution in [0.25, 0.3) is 0 Å². The molecule has 0 amide bonds. The topological polar surface area (TPSA) is 26.0 Å². The Kier molecular flexibility index (Phi) is 4.21. The number of benzene rings is 1. The third kappa shape index (κ3) is 3.47. The van der Waals surface area contributed by atoms with Gasteiger partial charge in [0.25, 0.3) is 0 Å². The van der Waals surface area contributed by atoms with Crippen molar-refractivity contribution < 1.29 is 0 Å². The number of rotatable bonds is 3. The number of halogens is 2. The summed E-state index contributed by atoms with van der Waals surface area (Å²) in [6.07, 6.45) is 0.802. The minimum atomic E-state index is -0.211. The zero-order valence-corrected chi connectivity index (χ0v) is 11.7. The van der Waals surface area contributed by atoms with Crippen LogP contribution in [0.3, 0.4) is 0 Å². The maximum absolute atomic E-state index is 6.23. The summed E-state index contributed by atoms with van der Waals surface area (Å²) in [7, 11) is 0. The van der Waals surface area contributed by atoms with E-state index >= 15 is 0 Å². The second kappa shape index (κ2) is 4.86. The van der Waals surface area contributed by atoms with Crippen molar-refractivity contribution in [2.75, 3.05) is 0 Å². The summed E-state index contributed by atoms with van der Waals surface area (Å²) in [6, 6.07) is 5.94. The third-order valence-electron chi connectivity index (χ3n) is 2.91. The molecule has 0 spiro atoms. The van der Waals surface area contributed by atoms with E-state index in [0.717, 1.165) is 21.5 Å². The van der Waals surface area contributed by atoms with Gasteiger partial charge in [-0.2, -0.15) is 0 Å². The summed E-state index contributed by atoms with van der Waals surface area (Å²) < 4.78 is 1.000. The normalized spacial score (nSPS) is 15.4. The standard InChI is InChI=1S/C12H17BrClN/c1-8(2)12(3,15)7-9-4-5-10(13)6-11(9)14/h4-6,8H,7,15H2,1-3H3. The van der Waals surface area contributed by atoms with Gasteiger partial charge in [-0.25, -0.2) is 0 Å². The molecule has 0 aliphatic heterocycles. The monoisotopic (exact) mass is 289 g/mol. The molecule has 3 heteroatoms. The van der Waals surface area contributed by atoms with Crippen LogP contribution in [0.1, 0.15) is 26.3 Å². The van der Waals surface area contributed by atoms with Crippen molar-refractivity contribution in [3.05, 3.63) is 33.3 Å². The smallest absolute Gasteiger partial charge is 0.0449 e. The Morgan fingerprint density at radius 2 is 2.07 bits per heavy atom. The van der Waals surface area contributed by atoms with Gasteiger partial charge in [0.2, 0.25) is 0 Å². The number of nitrogens with two attached hydrogens (primary N) is 1. The van der Waals surface area contributed by atoms with Crippen LogP contribution in [0.2, 0.25) is 5.02 Å². The van der Waals surface area contributed by atoms with E-state index in [2.05, 4.69) is 36.7 Å². The second-order valence-electron chi connectivity index (χ2n) is 4.57.